The number of nitrogens with one attached hydrogen (secondary N) is 2. The molecule has 1 fully saturated rings. The van der Waals surface area contributed by atoms with Crippen molar-refractivity contribution >= 4 is 6.03 Å². The van der Waals surface area contributed by atoms with Crippen LogP contribution < -0.4 is 10.6 Å². The molecule has 0 aromatic heterocycles. The van der Waals surface area contributed by atoms with Gasteiger partial charge in [-0.2, -0.15) is 0 Å². The highest BCUT2D eigenvalue weighted by Gasteiger charge is 2.23. The van der Waals surface area contributed by atoms with Gasteiger partial charge in [-0.15, -0.1) is 0 Å². The lowest BCUT2D eigenvalue weighted by molar-refractivity contribution is 0.159. The molecule has 3 N–H and O–H groups in total. The predicted octanol–water partition coefficient (Wildman–Crippen LogP) is 0.541. The van der Waals surface area contributed by atoms with Gasteiger partial charge in [0.15, 0.2) is 0 Å². The second kappa shape index (κ2) is 6.21. The highest BCUT2D eigenvalue weighted by atomic mass is 16.3. The lowest BCUT2D eigenvalue weighted by atomic mass is 10.1. The molecular formula is C12H25N3O2. The summed E-state index contributed by atoms with van der Waals surface area (Å²) in [5, 5.41) is 14.8. The Hall–Kier alpha value is -0.810. The van der Waals surface area contributed by atoms with E-state index in [1.54, 1.807) is 0 Å². The maximum atomic E-state index is 11.5. The van der Waals surface area contributed by atoms with E-state index >= 15 is 0 Å². The first-order chi connectivity index (χ1) is 7.92. The van der Waals surface area contributed by atoms with Crippen molar-refractivity contribution in [3.63, 3.8) is 0 Å². The van der Waals surface area contributed by atoms with Crippen LogP contribution in [0.4, 0.5) is 4.79 Å². The summed E-state index contributed by atoms with van der Waals surface area (Å²) < 4.78 is 0. The first-order valence-electron chi connectivity index (χ1n) is 6.33. The van der Waals surface area contributed by atoms with Gasteiger partial charge >= 0.3 is 6.03 Å². The van der Waals surface area contributed by atoms with Gasteiger partial charge in [-0.05, 0) is 40.2 Å². The molecule has 1 atom stereocenters. The van der Waals surface area contributed by atoms with Gasteiger partial charge in [0.1, 0.15) is 0 Å². The van der Waals surface area contributed by atoms with Crippen LogP contribution in [0.2, 0.25) is 0 Å². The maximum absolute atomic E-state index is 11.5. The van der Waals surface area contributed by atoms with Gasteiger partial charge in [0.2, 0.25) is 0 Å². The van der Waals surface area contributed by atoms with Crippen molar-refractivity contribution in [2.24, 2.45) is 0 Å². The third-order valence-electron chi connectivity index (χ3n) is 2.88. The van der Waals surface area contributed by atoms with Crippen LogP contribution in [0.15, 0.2) is 0 Å². The van der Waals surface area contributed by atoms with E-state index in [0.29, 0.717) is 6.54 Å². The largest absolute Gasteiger partial charge is 0.395 e. The fourth-order valence-electron chi connectivity index (χ4n) is 2.09. The number of aliphatic hydroxyl groups is 1. The molecule has 0 aromatic carbocycles. The highest BCUT2D eigenvalue weighted by Crippen LogP contribution is 2.15. The molecule has 2 amide bonds. The molecule has 5 nitrogen and oxygen atoms in total. The summed E-state index contributed by atoms with van der Waals surface area (Å²) in [4.78, 5) is 13.7. The van der Waals surface area contributed by atoms with Gasteiger partial charge in [0.05, 0.1) is 6.61 Å². The molecule has 0 radical (unpaired) electrons. The van der Waals surface area contributed by atoms with Crippen LogP contribution >= 0.6 is 0 Å². The van der Waals surface area contributed by atoms with Crippen molar-refractivity contribution < 1.29 is 9.90 Å². The van der Waals surface area contributed by atoms with Gasteiger partial charge in [-0.25, -0.2) is 4.79 Å². The number of hydrogen-bond acceptors (Lipinski definition) is 3. The Morgan fingerprint density at radius 3 is 2.76 bits per heavy atom. The van der Waals surface area contributed by atoms with E-state index in [4.69, 9.17) is 5.11 Å². The number of amides is 2. The fraction of sp³-hybridized carbons (Fsp3) is 0.917. The average Bonchev–Trinajstić information content (AvgIpc) is 2.62. The van der Waals surface area contributed by atoms with Gasteiger partial charge in [-0.3, -0.25) is 4.90 Å². The van der Waals surface area contributed by atoms with Crippen molar-refractivity contribution in [2.75, 3.05) is 26.2 Å². The second-order valence-corrected chi connectivity index (χ2v) is 5.65. The molecule has 17 heavy (non-hydrogen) atoms. The molecule has 100 valence electrons. The number of rotatable bonds is 4. The summed E-state index contributed by atoms with van der Waals surface area (Å²) in [6.07, 6.45) is 2.20. The molecule has 5 heteroatoms. The summed E-state index contributed by atoms with van der Waals surface area (Å²) in [6.45, 7) is 8.53. The normalized spacial score (nSPS) is 21.5. The van der Waals surface area contributed by atoms with E-state index in [-0.39, 0.29) is 24.2 Å². The minimum atomic E-state index is -0.203. The predicted molar refractivity (Wildman–Crippen MR) is 68.0 cm³/mol. The van der Waals surface area contributed by atoms with Crippen molar-refractivity contribution in [1.29, 1.82) is 0 Å². The summed E-state index contributed by atoms with van der Waals surface area (Å²) in [6, 6.07) is 0.153. The Kier molecular flexibility index (Phi) is 5.21. The molecule has 1 rings (SSSR count). The van der Waals surface area contributed by atoms with Crippen molar-refractivity contribution in [1.82, 2.24) is 15.5 Å². The SMILES string of the molecule is CC(C)(C)NC(=O)NCCN1CCC[C@@H]1CO. The molecule has 0 aromatic rings. The summed E-state index contributed by atoms with van der Waals surface area (Å²) in [5.74, 6) is 0. The van der Waals surface area contributed by atoms with Gasteiger partial charge < -0.3 is 15.7 Å². The molecule has 0 aliphatic carbocycles. The Morgan fingerprint density at radius 1 is 1.47 bits per heavy atom. The molecule has 1 saturated heterocycles. The summed E-state index contributed by atoms with van der Waals surface area (Å²) >= 11 is 0. The lowest BCUT2D eigenvalue weighted by Crippen LogP contribution is -2.48. The Labute approximate surface area is 104 Å². The van der Waals surface area contributed by atoms with Crippen LogP contribution in [0.3, 0.4) is 0 Å². The van der Waals surface area contributed by atoms with Gasteiger partial charge in [-0.1, -0.05) is 0 Å². The first-order valence-corrected chi connectivity index (χ1v) is 6.33. The van der Waals surface area contributed by atoms with E-state index in [1.165, 1.54) is 0 Å². The van der Waals surface area contributed by atoms with Crippen LogP contribution in [0.25, 0.3) is 0 Å². The highest BCUT2D eigenvalue weighted by molar-refractivity contribution is 5.74. The molecule has 1 aliphatic heterocycles. The third kappa shape index (κ3) is 5.37. The van der Waals surface area contributed by atoms with E-state index in [1.807, 2.05) is 20.8 Å². The van der Waals surface area contributed by atoms with Crippen LogP contribution in [-0.2, 0) is 0 Å². The van der Waals surface area contributed by atoms with Crippen LogP contribution in [0.5, 0.6) is 0 Å². The van der Waals surface area contributed by atoms with E-state index in [9.17, 15) is 4.79 Å². The molecular weight excluding hydrogens is 218 g/mol. The van der Waals surface area contributed by atoms with Gasteiger partial charge in [0.25, 0.3) is 0 Å². The fourth-order valence-corrected chi connectivity index (χ4v) is 2.09. The third-order valence-corrected chi connectivity index (χ3v) is 2.88. The van der Waals surface area contributed by atoms with Gasteiger partial charge in [0, 0.05) is 24.7 Å². The summed E-state index contributed by atoms with van der Waals surface area (Å²) in [7, 11) is 0. The number of urea groups is 1. The molecule has 1 heterocycles. The van der Waals surface area contributed by atoms with E-state index < -0.39 is 0 Å². The van der Waals surface area contributed by atoms with Crippen LogP contribution in [0.1, 0.15) is 33.6 Å². The molecule has 0 spiro atoms. The molecule has 1 aliphatic rings. The van der Waals surface area contributed by atoms with E-state index in [2.05, 4.69) is 15.5 Å². The van der Waals surface area contributed by atoms with E-state index in [0.717, 1.165) is 25.9 Å². The Morgan fingerprint density at radius 2 is 2.18 bits per heavy atom. The minimum absolute atomic E-state index is 0.128. The van der Waals surface area contributed by atoms with Crippen molar-refractivity contribution in [3.8, 4) is 0 Å². The molecule has 0 bridgehead atoms. The smallest absolute Gasteiger partial charge is 0.315 e. The number of nitrogens with zero attached hydrogens (tertiary/aromatic N) is 1. The zero-order valence-corrected chi connectivity index (χ0v) is 11.1. The second-order valence-electron chi connectivity index (χ2n) is 5.65. The molecule has 0 saturated carbocycles. The number of aliphatic hydroxyl groups excluding tert-OH is 1. The van der Waals surface area contributed by atoms with Crippen molar-refractivity contribution in [3.05, 3.63) is 0 Å². The summed E-state index contributed by atoms with van der Waals surface area (Å²) in [5.41, 5.74) is -0.203. The number of carbonyl (C=O) groups excluding carboxylic acids is 1. The maximum Gasteiger partial charge on any atom is 0.315 e. The lowest BCUT2D eigenvalue weighted by Gasteiger charge is -2.24. The standard InChI is InChI=1S/C12H25N3O2/c1-12(2,3)14-11(17)13-6-8-15-7-4-5-10(15)9-16/h10,16H,4-9H2,1-3H3,(H2,13,14,17)/t10-/m1/s1. The Bertz CT molecular complexity index is 251. The topological polar surface area (TPSA) is 64.6 Å². The number of carbonyl (C=O) groups is 1. The average molecular weight is 243 g/mol. The zero-order chi connectivity index (χ0) is 12.9. The minimum Gasteiger partial charge on any atom is -0.395 e. The van der Waals surface area contributed by atoms with Crippen molar-refractivity contribution in [2.45, 2.75) is 45.2 Å². The Balaban J connectivity index is 2.17. The van der Waals surface area contributed by atoms with Crippen LogP contribution in [0, 0.1) is 0 Å². The van der Waals surface area contributed by atoms with Crippen LogP contribution in [-0.4, -0.2) is 53.9 Å². The molecule has 0 unspecified atom stereocenters. The zero-order valence-electron chi connectivity index (χ0n) is 11.1. The quantitative estimate of drug-likeness (QED) is 0.675. The monoisotopic (exact) mass is 243 g/mol. The number of likely N-dealkylation sites (tertiary alicyclic amines) is 1. The number of hydrogen-bond donors (Lipinski definition) is 3. The first kappa shape index (κ1) is 14.3.